The van der Waals surface area contributed by atoms with Crippen molar-refractivity contribution in [2.75, 3.05) is 57.0 Å². The predicted octanol–water partition coefficient (Wildman–Crippen LogP) is 2.68. The summed E-state index contributed by atoms with van der Waals surface area (Å²) in [6.07, 6.45) is 1.91. The van der Waals surface area contributed by atoms with Gasteiger partial charge in [-0.25, -0.2) is 4.98 Å². The molecule has 2 aromatic rings. The Morgan fingerprint density at radius 1 is 1.10 bits per heavy atom. The Hall–Kier alpha value is -2.25. The molecule has 7 heteroatoms. The molecular weight excluding hydrogens is 380 g/mol. The van der Waals surface area contributed by atoms with Gasteiger partial charge in [0.15, 0.2) is 5.96 Å². The number of hydrogen-bond acceptors (Lipinski definition) is 5. The van der Waals surface area contributed by atoms with E-state index in [-0.39, 0.29) is 0 Å². The van der Waals surface area contributed by atoms with Crippen LogP contribution in [-0.2, 0) is 6.54 Å². The maximum atomic E-state index is 4.58. The van der Waals surface area contributed by atoms with E-state index in [1.165, 1.54) is 10.5 Å². The molecule has 0 unspecified atom stereocenters. The highest BCUT2D eigenvalue weighted by Crippen LogP contribution is 2.16. The molecule has 0 radical (unpaired) electrons. The molecule has 0 saturated carbocycles. The molecule has 2 heterocycles. The highest BCUT2D eigenvalue weighted by atomic mass is 32.2. The number of thioether (sulfide) groups is 1. The average molecular weight is 413 g/mol. The van der Waals surface area contributed by atoms with Crippen LogP contribution in [0.4, 0.5) is 5.82 Å². The lowest BCUT2D eigenvalue weighted by Gasteiger charge is -2.34. The highest BCUT2D eigenvalue weighted by Gasteiger charge is 2.16. The average Bonchev–Trinajstić information content (AvgIpc) is 2.79. The smallest absolute Gasteiger partial charge is 0.191 e. The number of aliphatic imine (C=N–C) groups is 1. The summed E-state index contributed by atoms with van der Waals surface area (Å²) in [6.45, 7) is 9.25. The SMILES string of the molecule is CCN1CCN(c2cc(CNC(=NC)NCCSc3ccccc3)ccn2)CC1. The highest BCUT2D eigenvalue weighted by molar-refractivity contribution is 7.99. The summed E-state index contributed by atoms with van der Waals surface area (Å²) in [5.41, 5.74) is 1.22. The summed E-state index contributed by atoms with van der Waals surface area (Å²) in [4.78, 5) is 15.1. The van der Waals surface area contributed by atoms with E-state index in [9.17, 15) is 0 Å². The van der Waals surface area contributed by atoms with E-state index < -0.39 is 0 Å². The van der Waals surface area contributed by atoms with Crippen molar-refractivity contribution >= 4 is 23.5 Å². The molecular formula is C22H32N6S. The van der Waals surface area contributed by atoms with Crippen LogP contribution in [0, 0.1) is 0 Å². The molecule has 29 heavy (non-hydrogen) atoms. The second-order valence-electron chi connectivity index (χ2n) is 6.96. The van der Waals surface area contributed by atoms with E-state index >= 15 is 0 Å². The number of guanidine groups is 1. The molecule has 0 aliphatic carbocycles. The number of nitrogens with one attached hydrogen (secondary N) is 2. The van der Waals surface area contributed by atoms with Gasteiger partial charge in [-0.15, -0.1) is 11.8 Å². The molecule has 6 nitrogen and oxygen atoms in total. The van der Waals surface area contributed by atoms with Crippen molar-refractivity contribution in [2.45, 2.75) is 18.4 Å². The van der Waals surface area contributed by atoms with Gasteiger partial charge in [-0.2, -0.15) is 0 Å². The predicted molar refractivity (Wildman–Crippen MR) is 124 cm³/mol. The van der Waals surface area contributed by atoms with Crippen molar-refractivity contribution in [2.24, 2.45) is 4.99 Å². The largest absolute Gasteiger partial charge is 0.356 e. The quantitative estimate of drug-likeness (QED) is 0.301. The van der Waals surface area contributed by atoms with Gasteiger partial charge in [-0.05, 0) is 36.4 Å². The number of benzene rings is 1. The fourth-order valence-electron chi connectivity index (χ4n) is 3.30. The number of likely N-dealkylation sites (N-methyl/N-ethyl adjacent to an activating group) is 1. The molecule has 1 fully saturated rings. The van der Waals surface area contributed by atoms with E-state index in [1.54, 1.807) is 0 Å². The van der Waals surface area contributed by atoms with E-state index in [2.05, 4.69) is 73.7 Å². The monoisotopic (exact) mass is 412 g/mol. The molecule has 2 N–H and O–H groups in total. The van der Waals surface area contributed by atoms with Crippen LogP contribution in [0.2, 0.25) is 0 Å². The van der Waals surface area contributed by atoms with Crippen LogP contribution >= 0.6 is 11.8 Å². The molecule has 0 bridgehead atoms. The molecule has 0 atom stereocenters. The van der Waals surface area contributed by atoms with E-state index in [0.29, 0.717) is 0 Å². The number of hydrogen-bond donors (Lipinski definition) is 2. The Kier molecular flexibility index (Phi) is 8.64. The minimum atomic E-state index is 0.732. The van der Waals surface area contributed by atoms with Gasteiger partial charge in [-0.3, -0.25) is 4.99 Å². The lowest BCUT2D eigenvalue weighted by Crippen LogP contribution is -2.46. The molecule has 1 aliphatic rings. The van der Waals surface area contributed by atoms with Crippen molar-refractivity contribution in [1.29, 1.82) is 0 Å². The van der Waals surface area contributed by atoms with E-state index in [4.69, 9.17) is 0 Å². The first-order chi connectivity index (χ1) is 14.3. The maximum Gasteiger partial charge on any atom is 0.191 e. The van der Waals surface area contributed by atoms with Crippen LogP contribution in [0.15, 0.2) is 58.5 Å². The maximum absolute atomic E-state index is 4.58. The van der Waals surface area contributed by atoms with Crippen molar-refractivity contribution in [3.63, 3.8) is 0 Å². The normalized spacial score (nSPS) is 15.4. The lowest BCUT2D eigenvalue weighted by molar-refractivity contribution is 0.270. The summed E-state index contributed by atoms with van der Waals surface area (Å²) in [7, 11) is 1.81. The van der Waals surface area contributed by atoms with Crippen LogP contribution in [-0.4, -0.2) is 67.9 Å². The topological polar surface area (TPSA) is 55.8 Å². The van der Waals surface area contributed by atoms with Crippen LogP contribution in [0.5, 0.6) is 0 Å². The minimum absolute atomic E-state index is 0.732. The van der Waals surface area contributed by atoms with Crippen LogP contribution in [0.3, 0.4) is 0 Å². The van der Waals surface area contributed by atoms with Gasteiger partial charge in [0.2, 0.25) is 0 Å². The first-order valence-electron chi connectivity index (χ1n) is 10.3. The zero-order valence-corrected chi connectivity index (χ0v) is 18.3. The molecule has 156 valence electrons. The van der Waals surface area contributed by atoms with Gasteiger partial charge in [0.05, 0.1) is 0 Å². The zero-order valence-electron chi connectivity index (χ0n) is 17.5. The Morgan fingerprint density at radius 3 is 2.62 bits per heavy atom. The van der Waals surface area contributed by atoms with Gasteiger partial charge < -0.3 is 20.4 Å². The second kappa shape index (κ2) is 11.7. The first-order valence-corrected chi connectivity index (χ1v) is 11.3. The van der Waals surface area contributed by atoms with Crippen LogP contribution < -0.4 is 15.5 Å². The van der Waals surface area contributed by atoms with Crippen molar-refractivity contribution in [3.8, 4) is 0 Å². The standard InChI is InChI=1S/C22H32N6S/c1-3-27-12-14-28(15-13-27)21-17-19(9-10-24-21)18-26-22(23-2)25-11-16-29-20-7-5-4-6-8-20/h4-10,17H,3,11-16,18H2,1-2H3,(H2,23,25,26). The summed E-state index contributed by atoms with van der Waals surface area (Å²) in [5.74, 6) is 2.89. The number of piperazine rings is 1. The molecule has 1 saturated heterocycles. The summed E-state index contributed by atoms with van der Waals surface area (Å²) in [5, 5.41) is 6.79. The van der Waals surface area contributed by atoms with Crippen LogP contribution in [0.1, 0.15) is 12.5 Å². The second-order valence-corrected chi connectivity index (χ2v) is 8.13. The molecule has 3 rings (SSSR count). The van der Waals surface area contributed by atoms with Crippen molar-refractivity contribution < 1.29 is 0 Å². The molecule has 0 spiro atoms. The summed E-state index contributed by atoms with van der Waals surface area (Å²) < 4.78 is 0. The van der Waals surface area contributed by atoms with Gasteiger partial charge in [0, 0.05) is 63.2 Å². The summed E-state index contributed by atoms with van der Waals surface area (Å²) >= 11 is 1.84. The number of anilines is 1. The molecule has 0 amide bonds. The lowest BCUT2D eigenvalue weighted by atomic mass is 10.2. The Labute approximate surface area is 178 Å². The number of aromatic nitrogens is 1. The molecule has 1 aliphatic heterocycles. The Balaban J connectivity index is 1.42. The number of rotatable bonds is 8. The van der Waals surface area contributed by atoms with Gasteiger partial charge >= 0.3 is 0 Å². The summed E-state index contributed by atoms with van der Waals surface area (Å²) in [6, 6.07) is 14.7. The third-order valence-corrected chi connectivity index (χ3v) is 6.06. The minimum Gasteiger partial charge on any atom is -0.356 e. The number of pyridine rings is 1. The van der Waals surface area contributed by atoms with Gasteiger partial charge in [0.1, 0.15) is 5.82 Å². The Morgan fingerprint density at radius 2 is 1.90 bits per heavy atom. The first kappa shape index (κ1) is 21.5. The van der Waals surface area contributed by atoms with Gasteiger partial charge in [-0.1, -0.05) is 25.1 Å². The fourth-order valence-corrected chi connectivity index (χ4v) is 4.09. The third kappa shape index (κ3) is 6.94. The van der Waals surface area contributed by atoms with Gasteiger partial charge in [0.25, 0.3) is 0 Å². The van der Waals surface area contributed by atoms with E-state index in [0.717, 1.165) is 63.3 Å². The fraction of sp³-hybridized carbons (Fsp3) is 0.455. The van der Waals surface area contributed by atoms with E-state index in [1.807, 2.05) is 31.1 Å². The molecule has 1 aromatic carbocycles. The van der Waals surface area contributed by atoms with Crippen molar-refractivity contribution in [3.05, 3.63) is 54.2 Å². The zero-order chi connectivity index (χ0) is 20.3. The molecule has 1 aromatic heterocycles. The Bertz CT molecular complexity index is 759. The third-order valence-electron chi connectivity index (χ3n) is 5.04. The van der Waals surface area contributed by atoms with Crippen LogP contribution in [0.25, 0.3) is 0 Å². The van der Waals surface area contributed by atoms with Crippen molar-refractivity contribution in [1.82, 2.24) is 20.5 Å². The number of nitrogens with zero attached hydrogens (tertiary/aromatic N) is 4.